The van der Waals surface area contributed by atoms with E-state index in [1.165, 1.54) is 0 Å². The maximum atomic E-state index is 12.4. The predicted molar refractivity (Wildman–Crippen MR) is 79.7 cm³/mol. The van der Waals surface area contributed by atoms with Crippen LogP contribution in [-0.2, 0) is 6.54 Å². The van der Waals surface area contributed by atoms with Gasteiger partial charge in [-0.05, 0) is 12.1 Å². The second-order valence-corrected chi connectivity index (χ2v) is 4.86. The minimum absolute atomic E-state index is 0. The van der Waals surface area contributed by atoms with E-state index in [9.17, 15) is 4.79 Å². The Bertz CT molecular complexity index is 787. The fourth-order valence-electron chi connectivity index (χ4n) is 2.07. The van der Waals surface area contributed by atoms with Crippen LogP contribution >= 0.6 is 9.24 Å². The van der Waals surface area contributed by atoms with Crippen LogP contribution in [0.15, 0.2) is 53.5 Å². The monoisotopic (exact) mass is 408 g/mol. The molecule has 1 atom stereocenters. The van der Waals surface area contributed by atoms with Crippen molar-refractivity contribution in [3.63, 3.8) is 0 Å². The first kappa shape index (κ1) is 15.8. The van der Waals surface area contributed by atoms with Crippen molar-refractivity contribution in [2.75, 3.05) is 0 Å². The number of rotatable bonds is 2. The van der Waals surface area contributed by atoms with E-state index in [4.69, 9.17) is 0 Å². The maximum Gasteiger partial charge on any atom is 0.144 e. The summed E-state index contributed by atoms with van der Waals surface area (Å²) in [4.78, 5) is 16.6. The Morgan fingerprint density at radius 2 is 1.80 bits per heavy atom. The van der Waals surface area contributed by atoms with E-state index < -0.39 is 0 Å². The molecule has 97 valence electrons. The quantitative estimate of drug-likeness (QED) is 0.479. The normalized spacial score (nSPS) is 10.2. The molecule has 0 amide bonds. The molecule has 0 spiro atoms. The van der Waals surface area contributed by atoms with Crippen LogP contribution in [0.2, 0.25) is 0 Å². The number of nitrogens with zero attached hydrogens (tertiary/aromatic N) is 2. The molecule has 2 aromatic heterocycles. The molecular formula is C15H12N2OPPr-. The Hall–Kier alpha value is -0.626. The van der Waals surface area contributed by atoms with Crippen molar-refractivity contribution in [2.24, 2.45) is 0 Å². The van der Waals surface area contributed by atoms with Crippen LogP contribution in [0.25, 0.3) is 10.8 Å². The second-order valence-electron chi connectivity index (χ2n) is 4.28. The van der Waals surface area contributed by atoms with Crippen LogP contribution in [0.1, 0.15) is 5.69 Å². The molecule has 3 rings (SSSR count). The van der Waals surface area contributed by atoms with Crippen molar-refractivity contribution in [3.05, 3.63) is 70.9 Å². The maximum absolute atomic E-state index is 12.4. The largest absolute Gasteiger partial charge is 0.418 e. The molecule has 0 saturated carbocycles. The van der Waals surface area contributed by atoms with E-state index in [1.54, 1.807) is 10.8 Å². The molecule has 1 radical (unpaired) electrons. The third-order valence-corrected chi connectivity index (χ3v) is 3.43. The first-order valence-electron chi connectivity index (χ1n) is 5.96. The molecule has 3 aromatic rings. The molecule has 1 unspecified atom stereocenters. The van der Waals surface area contributed by atoms with Gasteiger partial charge in [0.2, 0.25) is 0 Å². The minimum atomic E-state index is -0.0348. The standard InChI is InChI=1S/C15H12N2OP.Pr/c18-15-13-7-2-1-6-12(13)14(19)10-17(15)9-11-5-3-4-8-16-11;/h1-8H,9,19H2;/q-1;. The first-order chi connectivity index (χ1) is 9.25. The Balaban J connectivity index is 0.00000147. The smallest absolute Gasteiger partial charge is 0.144 e. The summed E-state index contributed by atoms with van der Waals surface area (Å²) >= 11 is 0. The summed E-state index contributed by atoms with van der Waals surface area (Å²) in [5.41, 5.74) is 0.813. The van der Waals surface area contributed by atoms with Gasteiger partial charge in [-0.1, -0.05) is 35.8 Å². The number of pyridine rings is 2. The van der Waals surface area contributed by atoms with E-state index >= 15 is 0 Å². The zero-order valence-electron chi connectivity index (χ0n) is 10.8. The number of hydrogen-bond acceptors (Lipinski definition) is 2. The van der Waals surface area contributed by atoms with Crippen molar-refractivity contribution in [1.29, 1.82) is 0 Å². The van der Waals surface area contributed by atoms with Crippen LogP contribution in [0, 0.1) is 47.5 Å². The summed E-state index contributed by atoms with van der Waals surface area (Å²) in [5, 5.41) is 2.53. The summed E-state index contributed by atoms with van der Waals surface area (Å²) < 4.78 is 1.58. The molecule has 0 fully saturated rings. The van der Waals surface area contributed by atoms with Crippen molar-refractivity contribution < 1.29 is 41.3 Å². The molecule has 20 heavy (non-hydrogen) atoms. The third-order valence-electron chi connectivity index (χ3n) is 2.99. The molecule has 0 aliphatic rings. The van der Waals surface area contributed by atoms with Crippen LogP contribution in [0.5, 0.6) is 0 Å². The molecule has 0 aliphatic heterocycles. The van der Waals surface area contributed by atoms with E-state index in [0.29, 0.717) is 11.9 Å². The number of aromatic nitrogens is 2. The van der Waals surface area contributed by atoms with E-state index in [1.807, 2.05) is 42.5 Å². The second kappa shape index (κ2) is 6.89. The molecular weight excluding hydrogens is 396 g/mol. The third kappa shape index (κ3) is 3.16. The molecule has 3 nitrogen and oxygen atoms in total. The molecule has 0 saturated heterocycles. The van der Waals surface area contributed by atoms with Gasteiger partial charge in [0.1, 0.15) is 5.56 Å². The molecule has 2 heterocycles. The molecule has 0 aliphatic carbocycles. The zero-order valence-corrected chi connectivity index (χ0v) is 15.6. The van der Waals surface area contributed by atoms with Gasteiger partial charge in [-0.15, -0.1) is 26.0 Å². The predicted octanol–water partition coefficient (Wildman–Crippen LogP) is 1.75. The number of benzene rings is 1. The van der Waals surface area contributed by atoms with Gasteiger partial charge in [-0.25, -0.2) is 0 Å². The van der Waals surface area contributed by atoms with Gasteiger partial charge >= 0.3 is 0 Å². The number of hydrogen-bond donors (Lipinski definition) is 0. The van der Waals surface area contributed by atoms with Crippen molar-refractivity contribution in [2.45, 2.75) is 6.54 Å². The van der Waals surface area contributed by atoms with Gasteiger partial charge in [-0.3, -0.25) is 4.98 Å². The molecule has 0 bridgehead atoms. The van der Waals surface area contributed by atoms with Gasteiger partial charge in [-0.2, -0.15) is 0 Å². The van der Waals surface area contributed by atoms with Crippen LogP contribution in [0.4, 0.5) is 0 Å². The summed E-state index contributed by atoms with van der Waals surface area (Å²) in [6, 6.07) is 13.2. The van der Waals surface area contributed by atoms with E-state index in [2.05, 4.69) is 20.4 Å². The molecule has 5 heteroatoms. The Labute approximate surface area is 152 Å². The molecule has 0 N–H and O–H groups in total. The Morgan fingerprint density at radius 3 is 2.50 bits per heavy atom. The van der Waals surface area contributed by atoms with Gasteiger partial charge in [0.25, 0.3) is 0 Å². The summed E-state index contributed by atoms with van der Waals surface area (Å²) in [7, 11) is 2.63. The average Bonchev–Trinajstić information content (AvgIpc) is 2.46. The van der Waals surface area contributed by atoms with Crippen molar-refractivity contribution >= 4 is 25.3 Å². The number of fused-ring (bicyclic) bond motifs is 1. The van der Waals surface area contributed by atoms with Crippen LogP contribution in [0.3, 0.4) is 0 Å². The van der Waals surface area contributed by atoms with Crippen LogP contribution in [-0.4, -0.2) is 9.55 Å². The van der Waals surface area contributed by atoms with Gasteiger partial charge < -0.3 is 9.36 Å². The Morgan fingerprint density at radius 1 is 1.10 bits per heavy atom. The topological polar surface area (TPSA) is 34.9 Å². The van der Waals surface area contributed by atoms with Crippen LogP contribution < -0.4 is 10.9 Å². The zero-order chi connectivity index (χ0) is 13.2. The minimum Gasteiger partial charge on any atom is -0.418 e. The van der Waals surface area contributed by atoms with Gasteiger partial charge in [0, 0.05) is 54.0 Å². The van der Waals surface area contributed by atoms with E-state index in [0.717, 1.165) is 16.4 Å². The summed E-state index contributed by atoms with van der Waals surface area (Å²) in [6.45, 7) is 0.436. The first-order valence-corrected chi connectivity index (χ1v) is 6.53. The van der Waals surface area contributed by atoms with Gasteiger partial charge in [0.15, 0.2) is 0 Å². The fourth-order valence-corrected chi connectivity index (χ4v) is 2.48. The van der Waals surface area contributed by atoms with E-state index in [-0.39, 0.29) is 46.9 Å². The Kier molecular flexibility index (Phi) is 5.43. The SMILES string of the molecule is O=c1c2ccccc2c(P)[c-]n1Cc1ccccn1.[Pr]. The average molecular weight is 408 g/mol. The fraction of sp³-hybridized carbons (Fsp3) is 0.0667. The van der Waals surface area contributed by atoms with Crippen molar-refractivity contribution in [3.8, 4) is 0 Å². The summed E-state index contributed by atoms with van der Waals surface area (Å²) in [6.07, 6.45) is 4.82. The molecule has 1 aromatic carbocycles. The summed E-state index contributed by atoms with van der Waals surface area (Å²) in [5.74, 6) is 0. The van der Waals surface area contributed by atoms with Gasteiger partial charge in [0.05, 0.1) is 5.69 Å². The van der Waals surface area contributed by atoms with Crippen molar-refractivity contribution in [1.82, 2.24) is 9.55 Å².